The number of carbonyl (C=O) groups is 1. The van der Waals surface area contributed by atoms with Crippen LogP contribution in [0.3, 0.4) is 0 Å². The van der Waals surface area contributed by atoms with Crippen LogP contribution in [0, 0.1) is 0 Å². The van der Waals surface area contributed by atoms with Gasteiger partial charge in [0.2, 0.25) is 0 Å². The zero-order valence-corrected chi connectivity index (χ0v) is 12.3. The first-order valence-electron chi connectivity index (χ1n) is 4.60. The van der Waals surface area contributed by atoms with Crippen molar-refractivity contribution in [1.29, 1.82) is 0 Å². The number of nitrogens with one attached hydrogen (secondary N) is 1. The van der Waals surface area contributed by atoms with Gasteiger partial charge in [-0.2, -0.15) is 0 Å². The Morgan fingerprint density at radius 2 is 2.00 bits per heavy atom. The number of pyridine rings is 1. The van der Waals surface area contributed by atoms with Gasteiger partial charge in [0.25, 0.3) is 0 Å². The molecule has 0 radical (unpaired) electrons. The van der Waals surface area contributed by atoms with Gasteiger partial charge in [0.1, 0.15) is 16.0 Å². The lowest BCUT2D eigenvalue weighted by Gasteiger charge is -2.19. The molecule has 0 fully saturated rings. The number of hydrogen-bond acceptors (Lipinski definition) is 3. The zero-order valence-electron chi connectivity index (χ0n) is 9.17. The quantitative estimate of drug-likeness (QED) is 0.779. The molecule has 0 aromatic carbocycles. The third-order valence-corrected chi connectivity index (χ3v) is 3.21. The Labute approximate surface area is 111 Å². The molecular weight excluding hydrogens is 340 g/mol. The fourth-order valence-corrected chi connectivity index (χ4v) is 1.44. The van der Waals surface area contributed by atoms with E-state index in [1.54, 1.807) is 32.9 Å². The second-order valence-corrected chi connectivity index (χ2v) is 5.70. The van der Waals surface area contributed by atoms with Crippen molar-refractivity contribution in [1.82, 2.24) is 4.98 Å². The number of hydrogen-bond donors (Lipinski definition) is 1. The van der Waals surface area contributed by atoms with Crippen molar-refractivity contribution in [3.8, 4) is 0 Å². The lowest BCUT2D eigenvalue weighted by atomic mass is 10.2. The molecule has 4 nitrogen and oxygen atoms in total. The molecule has 88 valence electrons. The molecule has 0 aliphatic carbocycles. The number of aromatic nitrogens is 1. The number of ether oxygens (including phenoxy) is 1. The van der Waals surface area contributed by atoms with Crippen molar-refractivity contribution in [3.63, 3.8) is 0 Å². The Kier molecular flexibility index (Phi) is 4.32. The van der Waals surface area contributed by atoms with Crippen LogP contribution in [-0.4, -0.2) is 16.7 Å². The largest absolute Gasteiger partial charge is 0.444 e. The maximum Gasteiger partial charge on any atom is 0.413 e. The van der Waals surface area contributed by atoms with E-state index in [4.69, 9.17) is 4.74 Å². The highest BCUT2D eigenvalue weighted by Crippen LogP contribution is 2.22. The summed E-state index contributed by atoms with van der Waals surface area (Å²) in [6.45, 7) is 5.41. The van der Waals surface area contributed by atoms with E-state index in [9.17, 15) is 4.79 Å². The minimum absolute atomic E-state index is 0.435. The van der Waals surface area contributed by atoms with Crippen molar-refractivity contribution in [2.45, 2.75) is 26.4 Å². The summed E-state index contributed by atoms with van der Waals surface area (Å²) in [6, 6.07) is 3.46. The Hall–Kier alpha value is -0.620. The summed E-state index contributed by atoms with van der Waals surface area (Å²) in [5, 5.41) is 2.54. The molecule has 1 heterocycles. The lowest BCUT2D eigenvalue weighted by Crippen LogP contribution is -2.27. The van der Waals surface area contributed by atoms with E-state index in [1.807, 2.05) is 0 Å². The summed E-state index contributed by atoms with van der Waals surface area (Å²) < 4.78 is 6.54. The van der Waals surface area contributed by atoms with Crippen LogP contribution >= 0.6 is 31.9 Å². The number of anilines is 1. The molecule has 1 aromatic rings. The Bertz CT molecular complexity index is 402. The number of rotatable bonds is 1. The first-order valence-corrected chi connectivity index (χ1v) is 6.18. The van der Waals surface area contributed by atoms with Crippen LogP contribution in [-0.2, 0) is 4.74 Å². The van der Waals surface area contributed by atoms with E-state index in [-0.39, 0.29) is 0 Å². The summed E-state index contributed by atoms with van der Waals surface area (Å²) in [6.07, 6.45) is -0.519. The average Bonchev–Trinajstić information content (AvgIpc) is 2.08. The molecule has 1 aromatic heterocycles. The van der Waals surface area contributed by atoms with Gasteiger partial charge in [-0.15, -0.1) is 0 Å². The van der Waals surface area contributed by atoms with Gasteiger partial charge in [-0.05, 0) is 64.8 Å². The van der Waals surface area contributed by atoms with Crippen molar-refractivity contribution in [3.05, 3.63) is 21.2 Å². The summed E-state index contributed by atoms with van der Waals surface area (Å²) in [4.78, 5) is 15.5. The monoisotopic (exact) mass is 350 g/mol. The van der Waals surface area contributed by atoms with Crippen LogP contribution < -0.4 is 5.32 Å². The molecule has 6 heteroatoms. The molecule has 1 N–H and O–H groups in total. The second-order valence-electron chi connectivity index (χ2n) is 4.10. The van der Waals surface area contributed by atoms with Gasteiger partial charge < -0.3 is 4.74 Å². The Morgan fingerprint density at radius 1 is 1.38 bits per heavy atom. The molecular formula is C10H12Br2N2O2. The van der Waals surface area contributed by atoms with Crippen LogP contribution in [0.4, 0.5) is 10.6 Å². The van der Waals surface area contributed by atoms with Crippen LogP contribution in [0.15, 0.2) is 21.2 Å². The first kappa shape index (κ1) is 13.4. The van der Waals surface area contributed by atoms with E-state index >= 15 is 0 Å². The van der Waals surface area contributed by atoms with Crippen LogP contribution in [0.1, 0.15) is 20.8 Å². The van der Waals surface area contributed by atoms with Gasteiger partial charge in [0.05, 0.1) is 4.47 Å². The maximum absolute atomic E-state index is 11.4. The second kappa shape index (κ2) is 5.14. The summed E-state index contributed by atoms with van der Waals surface area (Å²) in [5.41, 5.74) is -0.517. The standard InChI is InChI=1S/C10H12Br2N2O2/c1-10(2,3)16-9(15)14-7-5-4-6(11)8(12)13-7/h4-5H,1-3H3,(H,13,14,15). The summed E-state index contributed by atoms with van der Waals surface area (Å²) in [5.74, 6) is 0.435. The topological polar surface area (TPSA) is 51.2 Å². The van der Waals surface area contributed by atoms with E-state index in [0.717, 1.165) is 4.47 Å². The lowest BCUT2D eigenvalue weighted by molar-refractivity contribution is 0.0635. The van der Waals surface area contributed by atoms with Gasteiger partial charge >= 0.3 is 6.09 Å². The summed E-state index contributed by atoms with van der Waals surface area (Å²) in [7, 11) is 0. The Morgan fingerprint density at radius 3 is 2.50 bits per heavy atom. The highest BCUT2D eigenvalue weighted by atomic mass is 79.9. The van der Waals surface area contributed by atoms with Gasteiger partial charge in [-0.25, -0.2) is 9.78 Å². The molecule has 0 atom stereocenters. The van der Waals surface area contributed by atoms with Crippen molar-refractivity contribution in [2.24, 2.45) is 0 Å². The zero-order chi connectivity index (χ0) is 12.3. The minimum atomic E-state index is -0.519. The summed E-state index contributed by atoms with van der Waals surface area (Å²) >= 11 is 6.54. The van der Waals surface area contributed by atoms with Crippen LogP contribution in [0.25, 0.3) is 0 Å². The van der Waals surface area contributed by atoms with Gasteiger partial charge in [0.15, 0.2) is 0 Å². The fraction of sp³-hybridized carbons (Fsp3) is 0.400. The van der Waals surface area contributed by atoms with Crippen LogP contribution in [0.5, 0.6) is 0 Å². The normalized spacial score (nSPS) is 11.1. The average molecular weight is 352 g/mol. The van der Waals surface area contributed by atoms with Crippen LogP contribution in [0.2, 0.25) is 0 Å². The van der Waals surface area contributed by atoms with Gasteiger partial charge in [-0.3, -0.25) is 5.32 Å². The highest BCUT2D eigenvalue weighted by Gasteiger charge is 2.16. The van der Waals surface area contributed by atoms with E-state index < -0.39 is 11.7 Å². The predicted molar refractivity (Wildman–Crippen MR) is 69.5 cm³/mol. The van der Waals surface area contributed by atoms with Crippen molar-refractivity contribution in [2.75, 3.05) is 5.32 Å². The third-order valence-electron chi connectivity index (χ3n) is 1.43. The van der Waals surface area contributed by atoms with E-state index in [0.29, 0.717) is 10.4 Å². The molecule has 0 bridgehead atoms. The third kappa shape index (κ3) is 4.49. The smallest absolute Gasteiger partial charge is 0.413 e. The molecule has 0 aliphatic heterocycles. The van der Waals surface area contributed by atoms with Gasteiger partial charge in [-0.1, -0.05) is 0 Å². The molecule has 16 heavy (non-hydrogen) atoms. The maximum atomic E-state index is 11.4. The number of nitrogens with zero attached hydrogens (tertiary/aromatic N) is 1. The molecule has 0 aliphatic rings. The first-order chi connectivity index (χ1) is 7.28. The molecule has 0 unspecified atom stereocenters. The molecule has 0 saturated carbocycles. The highest BCUT2D eigenvalue weighted by molar-refractivity contribution is 9.13. The Balaban J connectivity index is 2.67. The minimum Gasteiger partial charge on any atom is -0.444 e. The fourth-order valence-electron chi connectivity index (χ4n) is 0.895. The van der Waals surface area contributed by atoms with E-state index in [2.05, 4.69) is 42.2 Å². The molecule has 1 amide bonds. The predicted octanol–water partition coefficient (Wildman–Crippen LogP) is 3.95. The molecule has 0 spiro atoms. The van der Waals surface area contributed by atoms with E-state index in [1.165, 1.54) is 0 Å². The number of halogens is 2. The van der Waals surface area contributed by atoms with Crippen molar-refractivity contribution >= 4 is 43.8 Å². The number of amides is 1. The van der Waals surface area contributed by atoms with Gasteiger partial charge in [0, 0.05) is 0 Å². The SMILES string of the molecule is CC(C)(C)OC(=O)Nc1ccc(Br)c(Br)n1. The van der Waals surface area contributed by atoms with Crippen molar-refractivity contribution < 1.29 is 9.53 Å². The molecule has 0 saturated heterocycles. The number of carbonyl (C=O) groups excluding carboxylic acids is 1. The molecule has 1 rings (SSSR count).